The minimum absolute atomic E-state index is 0.00757. The number of aryl methyl sites for hydroxylation is 1. The third-order valence-corrected chi connectivity index (χ3v) is 5.14. The second kappa shape index (κ2) is 5.70. The lowest BCUT2D eigenvalue weighted by molar-refractivity contribution is -0.384. The van der Waals surface area contributed by atoms with Crippen molar-refractivity contribution >= 4 is 29.0 Å². The van der Waals surface area contributed by atoms with Crippen LogP contribution in [0, 0.1) is 24.0 Å². The van der Waals surface area contributed by atoms with E-state index in [-0.39, 0.29) is 16.8 Å². The van der Waals surface area contributed by atoms with Crippen molar-refractivity contribution in [1.29, 1.82) is 0 Å². The van der Waals surface area contributed by atoms with E-state index >= 15 is 0 Å². The molecule has 23 heavy (non-hydrogen) atoms. The zero-order valence-corrected chi connectivity index (χ0v) is 13.9. The van der Waals surface area contributed by atoms with Crippen LogP contribution in [0.5, 0.6) is 0 Å². The standard InChI is InChI=1S/C17H16N2O3S/c1-9-8-11(19(21)22)4-5-12(9)13-6-7-14-15(10(13)2)16(23-3)17(20)18-14/h4-8,16H,1-3H3,(H,18,20). The predicted octanol–water partition coefficient (Wildman–Crippen LogP) is 4.23. The number of fused-ring (bicyclic) bond motifs is 1. The molecule has 2 aromatic rings. The molecule has 0 saturated carbocycles. The maximum Gasteiger partial charge on any atom is 0.269 e. The summed E-state index contributed by atoms with van der Waals surface area (Å²) in [4.78, 5) is 22.5. The Morgan fingerprint density at radius 2 is 1.87 bits per heavy atom. The smallest absolute Gasteiger partial charge is 0.269 e. The third kappa shape index (κ3) is 2.49. The Balaban J connectivity index is 2.15. The number of rotatable bonds is 3. The number of nitrogens with zero attached hydrogens (tertiary/aromatic N) is 1. The van der Waals surface area contributed by atoms with Gasteiger partial charge < -0.3 is 5.32 Å². The summed E-state index contributed by atoms with van der Waals surface area (Å²) in [6.45, 7) is 3.86. The number of hydrogen-bond donors (Lipinski definition) is 1. The highest BCUT2D eigenvalue weighted by molar-refractivity contribution is 7.99. The molecule has 2 aromatic carbocycles. The Morgan fingerprint density at radius 3 is 2.48 bits per heavy atom. The van der Waals surface area contributed by atoms with Gasteiger partial charge in [0.15, 0.2) is 0 Å². The van der Waals surface area contributed by atoms with E-state index in [0.29, 0.717) is 0 Å². The quantitative estimate of drug-likeness (QED) is 0.676. The Morgan fingerprint density at radius 1 is 1.17 bits per heavy atom. The van der Waals surface area contributed by atoms with Crippen LogP contribution < -0.4 is 5.32 Å². The minimum atomic E-state index is -0.390. The van der Waals surface area contributed by atoms with Crippen molar-refractivity contribution in [2.45, 2.75) is 19.1 Å². The Hall–Kier alpha value is -2.34. The van der Waals surface area contributed by atoms with Crippen LogP contribution in [0.1, 0.15) is 21.9 Å². The van der Waals surface area contributed by atoms with Gasteiger partial charge in [0.25, 0.3) is 5.69 Å². The highest BCUT2D eigenvalue weighted by atomic mass is 32.2. The predicted molar refractivity (Wildman–Crippen MR) is 92.9 cm³/mol. The summed E-state index contributed by atoms with van der Waals surface area (Å²) in [6, 6.07) is 8.75. The summed E-state index contributed by atoms with van der Waals surface area (Å²) < 4.78 is 0. The average molecular weight is 328 g/mol. The first-order chi connectivity index (χ1) is 10.9. The highest BCUT2D eigenvalue weighted by Gasteiger charge is 2.32. The van der Waals surface area contributed by atoms with Crippen LogP contribution in [-0.2, 0) is 4.79 Å². The van der Waals surface area contributed by atoms with E-state index in [9.17, 15) is 14.9 Å². The summed E-state index contributed by atoms with van der Waals surface area (Å²) in [5.74, 6) is 0.00757. The fourth-order valence-electron chi connectivity index (χ4n) is 3.09. The first-order valence-electron chi connectivity index (χ1n) is 7.16. The number of nitrogens with one attached hydrogen (secondary N) is 1. The monoisotopic (exact) mass is 328 g/mol. The topological polar surface area (TPSA) is 72.2 Å². The largest absolute Gasteiger partial charge is 0.325 e. The number of thioether (sulfide) groups is 1. The van der Waals surface area contributed by atoms with Crippen molar-refractivity contribution in [3.05, 3.63) is 57.1 Å². The van der Waals surface area contributed by atoms with Crippen molar-refractivity contribution < 1.29 is 9.72 Å². The van der Waals surface area contributed by atoms with E-state index in [1.807, 2.05) is 32.2 Å². The van der Waals surface area contributed by atoms with Gasteiger partial charge in [-0.15, -0.1) is 11.8 Å². The first-order valence-corrected chi connectivity index (χ1v) is 8.45. The van der Waals surface area contributed by atoms with Gasteiger partial charge >= 0.3 is 0 Å². The number of carbonyl (C=O) groups is 1. The normalized spacial score (nSPS) is 16.1. The number of hydrogen-bond acceptors (Lipinski definition) is 4. The summed E-state index contributed by atoms with van der Waals surface area (Å²) in [7, 11) is 0. The third-order valence-electron chi connectivity index (χ3n) is 4.22. The summed E-state index contributed by atoms with van der Waals surface area (Å²) in [5.41, 5.74) is 5.80. The SMILES string of the molecule is CSC1C(=O)Nc2ccc(-c3ccc([N+](=O)[O-])cc3C)c(C)c21. The van der Waals surface area contributed by atoms with Gasteiger partial charge in [-0.25, -0.2) is 0 Å². The molecule has 0 aliphatic carbocycles. The molecular weight excluding hydrogens is 312 g/mol. The van der Waals surface area contributed by atoms with Gasteiger partial charge in [0.1, 0.15) is 5.25 Å². The van der Waals surface area contributed by atoms with Gasteiger partial charge in [-0.3, -0.25) is 14.9 Å². The van der Waals surface area contributed by atoms with Gasteiger partial charge in [-0.05, 0) is 54.5 Å². The van der Waals surface area contributed by atoms with E-state index in [1.54, 1.807) is 12.1 Å². The summed E-state index contributed by atoms with van der Waals surface area (Å²) in [6.07, 6.45) is 1.92. The Bertz CT molecular complexity index is 833. The molecule has 0 fully saturated rings. The van der Waals surface area contributed by atoms with Crippen molar-refractivity contribution in [3.8, 4) is 11.1 Å². The molecule has 1 heterocycles. The fraction of sp³-hybridized carbons (Fsp3) is 0.235. The van der Waals surface area contributed by atoms with Crippen LogP contribution in [0.2, 0.25) is 0 Å². The zero-order valence-electron chi connectivity index (χ0n) is 13.0. The number of nitro groups is 1. The lowest BCUT2D eigenvalue weighted by Crippen LogP contribution is -2.08. The van der Waals surface area contributed by atoms with Crippen molar-refractivity contribution in [2.24, 2.45) is 0 Å². The second-order valence-corrected chi connectivity index (χ2v) is 6.50. The maximum atomic E-state index is 12.0. The van der Waals surface area contributed by atoms with Crippen molar-refractivity contribution in [2.75, 3.05) is 11.6 Å². The molecule has 0 bridgehead atoms. The van der Waals surface area contributed by atoms with Gasteiger partial charge in [-0.1, -0.05) is 6.07 Å². The highest BCUT2D eigenvalue weighted by Crippen LogP contribution is 2.44. The van der Waals surface area contributed by atoms with Crippen LogP contribution in [0.15, 0.2) is 30.3 Å². The number of amides is 1. The zero-order chi connectivity index (χ0) is 16.7. The maximum absolute atomic E-state index is 12.0. The average Bonchev–Trinajstić information content (AvgIpc) is 2.84. The molecular formula is C17H16N2O3S. The summed E-state index contributed by atoms with van der Waals surface area (Å²) in [5, 5.41) is 13.6. The molecule has 3 rings (SSSR count). The van der Waals surface area contributed by atoms with Crippen LogP contribution in [-0.4, -0.2) is 17.1 Å². The minimum Gasteiger partial charge on any atom is -0.325 e. The second-order valence-electron chi connectivity index (χ2n) is 5.56. The number of carbonyl (C=O) groups excluding carboxylic acids is 1. The number of nitro benzene ring substituents is 1. The first kappa shape index (κ1) is 15.6. The molecule has 1 N–H and O–H groups in total. The fourth-order valence-corrected chi connectivity index (χ4v) is 3.90. The van der Waals surface area contributed by atoms with Crippen LogP contribution >= 0.6 is 11.8 Å². The molecule has 1 aliphatic heterocycles. The van der Waals surface area contributed by atoms with E-state index in [2.05, 4.69) is 5.32 Å². The molecule has 1 amide bonds. The lowest BCUT2D eigenvalue weighted by Gasteiger charge is -2.15. The molecule has 6 heteroatoms. The number of non-ortho nitro benzene ring substituents is 1. The van der Waals surface area contributed by atoms with Crippen molar-refractivity contribution in [3.63, 3.8) is 0 Å². The lowest BCUT2D eigenvalue weighted by atomic mass is 9.92. The molecule has 0 aromatic heterocycles. The van der Waals surface area contributed by atoms with Crippen LogP contribution in [0.4, 0.5) is 11.4 Å². The summed E-state index contributed by atoms with van der Waals surface area (Å²) >= 11 is 1.51. The van der Waals surface area contributed by atoms with Crippen LogP contribution in [0.3, 0.4) is 0 Å². The van der Waals surface area contributed by atoms with Gasteiger partial charge in [0.2, 0.25) is 5.91 Å². The van der Waals surface area contributed by atoms with Gasteiger partial charge in [0.05, 0.1) is 4.92 Å². The van der Waals surface area contributed by atoms with Crippen LogP contribution in [0.25, 0.3) is 11.1 Å². The van der Waals surface area contributed by atoms with E-state index < -0.39 is 4.92 Å². The Kier molecular flexibility index (Phi) is 3.85. The van der Waals surface area contributed by atoms with E-state index in [4.69, 9.17) is 0 Å². The van der Waals surface area contributed by atoms with E-state index in [0.717, 1.165) is 33.5 Å². The molecule has 1 aliphatic rings. The van der Waals surface area contributed by atoms with Crippen molar-refractivity contribution in [1.82, 2.24) is 0 Å². The van der Waals surface area contributed by atoms with Gasteiger partial charge in [0, 0.05) is 23.4 Å². The molecule has 0 saturated heterocycles. The Labute approximate surface area is 138 Å². The molecule has 118 valence electrons. The van der Waals surface area contributed by atoms with E-state index in [1.165, 1.54) is 17.8 Å². The van der Waals surface area contributed by atoms with Gasteiger partial charge in [-0.2, -0.15) is 0 Å². The molecule has 1 atom stereocenters. The molecule has 0 spiro atoms. The number of anilines is 1. The molecule has 5 nitrogen and oxygen atoms in total. The number of benzene rings is 2. The molecule has 0 radical (unpaired) electrons. The molecule has 1 unspecified atom stereocenters.